The van der Waals surface area contributed by atoms with E-state index in [9.17, 15) is 8.42 Å². The van der Waals surface area contributed by atoms with E-state index in [-0.39, 0.29) is 6.54 Å². The second-order valence-corrected chi connectivity index (χ2v) is 6.86. The molecule has 0 aliphatic rings. The zero-order valence-electron chi connectivity index (χ0n) is 12.2. The minimum atomic E-state index is -3.48. The van der Waals surface area contributed by atoms with Gasteiger partial charge in [0.15, 0.2) is 0 Å². The summed E-state index contributed by atoms with van der Waals surface area (Å²) in [5.41, 5.74) is 1.89. The van der Waals surface area contributed by atoms with E-state index in [4.69, 9.17) is 4.42 Å². The molecular formula is C15H20N2O3S. The number of nitrogens with zero attached hydrogens (tertiary/aromatic N) is 1. The predicted octanol–water partition coefficient (Wildman–Crippen LogP) is 2.21. The van der Waals surface area contributed by atoms with Crippen molar-refractivity contribution in [3.8, 4) is 0 Å². The van der Waals surface area contributed by atoms with Crippen LogP contribution in [0.15, 0.2) is 52.2 Å². The normalized spacial score (nSPS) is 12.0. The van der Waals surface area contributed by atoms with Gasteiger partial charge < -0.3 is 9.73 Å². The van der Waals surface area contributed by atoms with Crippen molar-refractivity contribution in [2.75, 3.05) is 13.6 Å². The minimum Gasteiger partial charge on any atom is -0.472 e. The molecule has 2 rings (SSSR count). The van der Waals surface area contributed by atoms with Crippen molar-refractivity contribution in [2.45, 2.75) is 24.9 Å². The lowest BCUT2D eigenvalue weighted by atomic mass is 10.2. The van der Waals surface area contributed by atoms with E-state index in [1.54, 1.807) is 31.5 Å². The number of sulfonamides is 1. The summed E-state index contributed by atoms with van der Waals surface area (Å²) in [5.74, 6) is 0. The molecule has 0 radical (unpaired) electrons. The van der Waals surface area contributed by atoms with E-state index >= 15 is 0 Å². The minimum absolute atomic E-state index is 0.290. The zero-order valence-corrected chi connectivity index (χ0v) is 13.1. The van der Waals surface area contributed by atoms with Crippen LogP contribution in [-0.4, -0.2) is 26.3 Å². The molecule has 1 N–H and O–H groups in total. The van der Waals surface area contributed by atoms with E-state index in [0.29, 0.717) is 4.90 Å². The zero-order chi connectivity index (χ0) is 15.3. The van der Waals surface area contributed by atoms with Gasteiger partial charge in [-0.3, -0.25) is 0 Å². The van der Waals surface area contributed by atoms with Crippen LogP contribution in [-0.2, 0) is 23.1 Å². The third kappa shape index (κ3) is 3.93. The first-order valence-electron chi connectivity index (χ1n) is 6.81. The monoisotopic (exact) mass is 308 g/mol. The molecule has 0 saturated heterocycles. The van der Waals surface area contributed by atoms with Crippen LogP contribution in [0.4, 0.5) is 0 Å². The van der Waals surface area contributed by atoms with Gasteiger partial charge in [-0.1, -0.05) is 19.1 Å². The van der Waals surface area contributed by atoms with Crippen molar-refractivity contribution in [2.24, 2.45) is 0 Å². The Kier molecular flexibility index (Phi) is 5.17. The highest BCUT2D eigenvalue weighted by molar-refractivity contribution is 7.89. The number of benzene rings is 1. The predicted molar refractivity (Wildman–Crippen MR) is 81.2 cm³/mol. The molecule has 0 amide bonds. The summed E-state index contributed by atoms with van der Waals surface area (Å²) in [7, 11) is -1.92. The second kappa shape index (κ2) is 6.89. The number of hydrogen-bond acceptors (Lipinski definition) is 4. The average molecular weight is 308 g/mol. The van der Waals surface area contributed by atoms with Crippen LogP contribution >= 0.6 is 0 Å². The Hall–Kier alpha value is -1.63. The molecule has 1 aromatic heterocycles. The first-order valence-corrected chi connectivity index (χ1v) is 8.25. The first-order chi connectivity index (χ1) is 10.0. The summed E-state index contributed by atoms with van der Waals surface area (Å²) in [6.45, 7) is 3.94. The smallest absolute Gasteiger partial charge is 0.243 e. The summed E-state index contributed by atoms with van der Waals surface area (Å²) < 4.78 is 31.2. The maximum Gasteiger partial charge on any atom is 0.243 e. The third-order valence-electron chi connectivity index (χ3n) is 3.20. The maximum atomic E-state index is 12.5. The van der Waals surface area contributed by atoms with Crippen LogP contribution in [0.1, 0.15) is 18.1 Å². The van der Waals surface area contributed by atoms with Gasteiger partial charge >= 0.3 is 0 Å². The van der Waals surface area contributed by atoms with Crippen LogP contribution < -0.4 is 5.32 Å². The van der Waals surface area contributed by atoms with Crippen molar-refractivity contribution < 1.29 is 12.8 Å². The van der Waals surface area contributed by atoms with Crippen molar-refractivity contribution in [1.29, 1.82) is 0 Å². The Balaban J connectivity index is 2.11. The fraction of sp³-hybridized carbons (Fsp3) is 0.333. The topological polar surface area (TPSA) is 62.6 Å². The van der Waals surface area contributed by atoms with Gasteiger partial charge in [0.05, 0.1) is 17.4 Å². The van der Waals surface area contributed by atoms with E-state index in [2.05, 4.69) is 5.32 Å². The van der Waals surface area contributed by atoms with Gasteiger partial charge in [0.25, 0.3) is 0 Å². The van der Waals surface area contributed by atoms with Crippen LogP contribution in [0.2, 0.25) is 0 Å². The van der Waals surface area contributed by atoms with Crippen molar-refractivity contribution in [1.82, 2.24) is 9.62 Å². The third-order valence-corrected chi connectivity index (χ3v) is 5.01. The molecule has 2 aromatic rings. The van der Waals surface area contributed by atoms with Crippen LogP contribution in [0, 0.1) is 0 Å². The summed E-state index contributed by atoms with van der Waals surface area (Å²) in [4.78, 5) is 0.300. The Bertz CT molecular complexity index is 649. The molecule has 0 fully saturated rings. The lowest BCUT2D eigenvalue weighted by Gasteiger charge is -2.16. The Morgan fingerprint density at radius 3 is 2.43 bits per heavy atom. The van der Waals surface area contributed by atoms with Gasteiger partial charge in [0.1, 0.15) is 0 Å². The van der Waals surface area contributed by atoms with E-state index in [0.717, 1.165) is 24.2 Å². The highest BCUT2D eigenvalue weighted by Gasteiger charge is 2.21. The molecule has 114 valence electrons. The molecule has 0 aliphatic carbocycles. The first kappa shape index (κ1) is 15.8. The SMILES string of the molecule is CCNCc1ccc(S(=O)(=O)N(C)Cc2ccoc2)cc1. The Morgan fingerprint density at radius 1 is 1.14 bits per heavy atom. The Morgan fingerprint density at radius 2 is 1.86 bits per heavy atom. The molecule has 0 aliphatic heterocycles. The average Bonchev–Trinajstić information content (AvgIpc) is 2.98. The lowest BCUT2D eigenvalue weighted by molar-refractivity contribution is 0.463. The molecule has 0 bridgehead atoms. The number of furan rings is 1. The summed E-state index contributed by atoms with van der Waals surface area (Å²) >= 11 is 0. The molecule has 0 unspecified atom stereocenters. The molecule has 21 heavy (non-hydrogen) atoms. The van der Waals surface area contributed by atoms with Gasteiger partial charge in [-0.05, 0) is 30.3 Å². The molecule has 6 heteroatoms. The highest BCUT2D eigenvalue weighted by atomic mass is 32.2. The fourth-order valence-corrected chi connectivity index (χ4v) is 3.11. The molecule has 5 nitrogen and oxygen atoms in total. The number of rotatable bonds is 7. The van der Waals surface area contributed by atoms with E-state index < -0.39 is 10.0 Å². The largest absolute Gasteiger partial charge is 0.472 e. The van der Waals surface area contributed by atoms with Crippen molar-refractivity contribution >= 4 is 10.0 Å². The summed E-state index contributed by atoms with van der Waals surface area (Å²) in [5, 5.41) is 3.20. The van der Waals surface area contributed by atoms with Crippen LogP contribution in [0.5, 0.6) is 0 Å². The molecule has 1 aromatic carbocycles. The highest BCUT2D eigenvalue weighted by Crippen LogP contribution is 2.17. The molecule has 0 saturated carbocycles. The molecule has 0 atom stereocenters. The standard InChI is InChI=1S/C15H20N2O3S/c1-3-16-10-13-4-6-15(7-5-13)21(18,19)17(2)11-14-8-9-20-12-14/h4-9,12,16H,3,10-11H2,1-2H3. The van der Waals surface area contributed by atoms with Gasteiger partial charge in [-0.15, -0.1) is 0 Å². The molecule has 1 heterocycles. The second-order valence-electron chi connectivity index (χ2n) is 4.82. The number of hydrogen-bond donors (Lipinski definition) is 1. The van der Waals surface area contributed by atoms with Gasteiger partial charge in [-0.2, -0.15) is 4.31 Å². The van der Waals surface area contributed by atoms with Gasteiger partial charge in [0.2, 0.25) is 10.0 Å². The van der Waals surface area contributed by atoms with Crippen molar-refractivity contribution in [3.05, 3.63) is 54.0 Å². The van der Waals surface area contributed by atoms with Crippen LogP contribution in [0.25, 0.3) is 0 Å². The Labute approximate surface area is 125 Å². The maximum absolute atomic E-state index is 12.5. The fourth-order valence-electron chi connectivity index (χ4n) is 1.95. The van der Waals surface area contributed by atoms with E-state index in [1.807, 2.05) is 19.1 Å². The van der Waals surface area contributed by atoms with Gasteiger partial charge in [-0.25, -0.2) is 8.42 Å². The summed E-state index contributed by atoms with van der Waals surface area (Å²) in [6, 6.07) is 8.72. The molecule has 0 spiro atoms. The lowest BCUT2D eigenvalue weighted by Crippen LogP contribution is -2.26. The van der Waals surface area contributed by atoms with Crippen molar-refractivity contribution in [3.63, 3.8) is 0 Å². The molecular weight excluding hydrogens is 288 g/mol. The number of nitrogens with one attached hydrogen (secondary N) is 1. The van der Waals surface area contributed by atoms with E-state index in [1.165, 1.54) is 10.6 Å². The quantitative estimate of drug-likeness (QED) is 0.852. The van der Waals surface area contributed by atoms with Crippen LogP contribution in [0.3, 0.4) is 0 Å². The summed E-state index contributed by atoms with van der Waals surface area (Å²) in [6.07, 6.45) is 3.08. The van der Waals surface area contributed by atoms with Gasteiger partial charge in [0, 0.05) is 25.7 Å².